The lowest BCUT2D eigenvalue weighted by Gasteiger charge is -2.12. The fourth-order valence-corrected chi connectivity index (χ4v) is 7.85. The Morgan fingerprint density at radius 1 is 0.316 bits per heavy atom. The standard InChI is InChI=1S/C53H37N3O/c1-34-14-9-10-23-44(34)46-32-40(27-26-35(46)2)41-28-29-48-47(33-41)50-45(24-13-25-49(50)57-48)53-55-51(42-21-11-19-38(30-42)36-15-5-3-6-16-36)54-52(56-53)43-22-12-20-39(31-43)37-17-7-4-8-18-37/h3-33H,1-2H3. The summed E-state index contributed by atoms with van der Waals surface area (Å²) in [5.41, 5.74) is 16.0. The Bertz CT molecular complexity index is 2990. The molecule has 0 aliphatic carbocycles. The normalized spacial score (nSPS) is 11.3. The van der Waals surface area contributed by atoms with Gasteiger partial charge < -0.3 is 4.42 Å². The minimum atomic E-state index is 0.584. The Kier molecular flexibility index (Phi) is 8.57. The highest BCUT2D eigenvalue weighted by Crippen LogP contribution is 2.40. The van der Waals surface area contributed by atoms with E-state index in [1.54, 1.807) is 0 Å². The molecule has 0 aliphatic heterocycles. The molecular weight excluding hydrogens is 695 g/mol. The van der Waals surface area contributed by atoms with Gasteiger partial charge in [0.1, 0.15) is 11.2 Å². The minimum absolute atomic E-state index is 0.584. The number of hydrogen-bond donors (Lipinski definition) is 0. The first-order chi connectivity index (χ1) is 28.1. The average molecular weight is 732 g/mol. The van der Waals surface area contributed by atoms with Gasteiger partial charge >= 0.3 is 0 Å². The Morgan fingerprint density at radius 3 is 1.47 bits per heavy atom. The van der Waals surface area contributed by atoms with Gasteiger partial charge in [-0.3, -0.25) is 0 Å². The summed E-state index contributed by atoms with van der Waals surface area (Å²) in [5.74, 6) is 1.79. The molecular formula is C53H37N3O. The molecule has 2 heterocycles. The highest BCUT2D eigenvalue weighted by Gasteiger charge is 2.19. The van der Waals surface area contributed by atoms with Crippen LogP contribution in [0.25, 0.3) is 101 Å². The van der Waals surface area contributed by atoms with Crippen molar-refractivity contribution in [2.24, 2.45) is 0 Å². The molecule has 270 valence electrons. The van der Waals surface area contributed by atoms with E-state index < -0.39 is 0 Å². The van der Waals surface area contributed by atoms with E-state index in [-0.39, 0.29) is 0 Å². The van der Waals surface area contributed by atoms with E-state index in [0.717, 1.165) is 72.0 Å². The third-order valence-electron chi connectivity index (χ3n) is 10.8. The first-order valence-electron chi connectivity index (χ1n) is 19.3. The van der Waals surface area contributed by atoms with Gasteiger partial charge in [0.05, 0.1) is 0 Å². The quantitative estimate of drug-likeness (QED) is 0.164. The summed E-state index contributed by atoms with van der Waals surface area (Å²) in [6.07, 6.45) is 0. The van der Waals surface area contributed by atoms with Gasteiger partial charge in [0.25, 0.3) is 0 Å². The van der Waals surface area contributed by atoms with Crippen molar-refractivity contribution in [1.29, 1.82) is 0 Å². The molecule has 0 unspecified atom stereocenters. The first kappa shape index (κ1) is 34.1. The number of hydrogen-bond acceptors (Lipinski definition) is 4. The van der Waals surface area contributed by atoms with Crippen LogP contribution in [-0.2, 0) is 0 Å². The molecule has 0 spiro atoms. The maximum Gasteiger partial charge on any atom is 0.164 e. The SMILES string of the molecule is Cc1ccccc1-c1cc(-c2ccc3oc4cccc(-c5nc(-c6cccc(-c7ccccc7)c6)nc(-c6cccc(-c7ccccc7)c6)n5)c4c3c2)ccc1C. The Morgan fingerprint density at radius 2 is 0.807 bits per heavy atom. The van der Waals surface area contributed by atoms with Crippen molar-refractivity contribution < 1.29 is 4.42 Å². The van der Waals surface area contributed by atoms with Crippen LogP contribution in [0.15, 0.2) is 192 Å². The summed E-state index contributed by atoms with van der Waals surface area (Å²) in [6, 6.07) is 65.6. The monoisotopic (exact) mass is 731 g/mol. The van der Waals surface area contributed by atoms with E-state index in [4.69, 9.17) is 19.4 Å². The van der Waals surface area contributed by atoms with Gasteiger partial charge in [-0.2, -0.15) is 0 Å². The van der Waals surface area contributed by atoms with E-state index in [2.05, 4.69) is 178 Å². The van der Waals surface area contributed by atoms with Crippen molar-refractivity contribution in [2.45, 2.75) is 13.8 Å². The van der Waals surface area contributed by atoms with Gasteiger partial charge in [-0.1, -0.05) is 152 Å². The second kappa shape index (κ2) is 14.3. The van der Waals surface area contributed by atoms with Crippen LogP contribution in [0.2, 0.25) is 0 Å². The first-order valence-corrected chi connectivity index (χ1v) is 19.3. The van der Waals surface area contributed by atoms with E-state index in [9.17, 15) is 0 Å². The molecule has 2 aromatic heterocycles. The maximum atomic E-state index is 6.52. The summed E-state index contributed by atoms with van der Waals surface area (Å²) in [7, 11) is 0. The van der Waals surface area contributed by atoms with Crippen molar-refractivity contribution in [3.8, 4) is 78.7 Å². The van der Waals surface area contributed by atoms with E-state index in [1.807, 2.05) is 24.3 Å². The van der Waals surface area contributed by atoms with Gasteiger partial charge in [0, 0.05) is 27.5 Å². The second-order valence-corrected chi connectivity index (χ2v) is 14.5. The number of furan rings is 1. The Hall–Kier alpha value is -7.43. The third-order valence-corrected chi connectivity index (χ3v) is 10.8. The molecule has 0 amide bonds. The molecule has 0 atom stereocenters. The Labute approximate surface area is 331 Å². The van der Waals surface area contributed by atoms with E-state index >= 15 is 0 Å². The highest BCUT2D eigenvalue weighted by atomic mass is 16.3. The van der Waals surface area contributed by atoms with Crippen molar-refractivity contribution in [1.82, 2.24) is 15.0 Å². The summed E-state index contributed by atoms with van der Waals surface area (Å²) in [5, 5.41) is 1.98. The summed E-state index contributed by atoms with van der Waals surface area (Å²) in [4.78, 5) is 15.6. The second-order valence-electron chi connectivity index (χ2n) is 14.5. The molecule has 4 heteroatoms. The zero-order chi connectivity index (χ0) is 38.3. The lowest BCUT2D eigenvalue weighted by molar-refractivity contribution is 0.669. The molecule has 57 heavy (non-hydrogen) atoms. The average Bonchev–Trinajstić information content (AvgIpc) is 3.66. The molecule has 0 fully saturated rings. The lowest BCUT2D eigenvalue weighted by Crippen LogP contribution is -2.00. The van der Waals surface area contributed by atoms with Crippen molar-refractivity contribution in [3.63, 3.8) is 0 Å². The highest BCUT2D eigenvalue weighted by molar-refractivity contribution is 6.12. The van der Waals surface area contributed by atoms with Crippen LogP contribution in [0, 0.1) is 13.8 Å². The zero-order valence-corrected chi connectivity index (χ0v) is 31.6. The largest absolute Gasteiger partial charge is 0.456 e. The van der Waals surface area contributed by atoms with Crippen LogP contribution in [-0.4, -0.2) is 15.0 Å². The van der Waals surface area contributed by atoms with Crippen molar-refractivity contribution in [3.05, 3.63) is 199 Å². The fraction of sp³-hybridized carbons (Fsp3) is 0.0377. The molecule has 0 saturated heterocycles. The number of rotatable bonds is 7. The van der Waals surface area contributed by atoms with Gasteiger partial charge in [0.15, 0.2) is 17.5 Å². The van der Waals surface area contributed by atoms with E-state index in [0.29, 0.717) is 17.5 Å². The predicted molar refractivity (Wildman–Crippen MR) is 235 cm³/mol. The minimum Gasteiger partial charge on any atom is -0.456 e. The molecule has 8 aromatic carbocycles. The van der Waals surface area contributed by atoms with Crippen LogP contribution in [0.5, 0.6) is 0 Å². The smallest absolute Gasteiger partial charge is 0.164 e. The van der Waals surface area contributed by atoms with E-state index in [1.165, 1.54) is 22.3 Å². The fourth-order valence-electron chi connectivity index (χ4n) is 7.85. The molecule has 10 rings (SSSR count). The van der Waals surface area contributed by atoms with Crippen LogP contribution in [0.3, 0.4) is 0 Å². The van der Waals surface area contributed by atoms with Gasteiger partial charge in [-0.05, 0) is 106 Å². The molecule has 0 saturated carbocycles. The molecule has 0 N–H and O–H groups in total. The molecule has 0 aliphatic rings. The number of aryl methyl sites for hydroxylation is 2. The Balaban J connectivity index is 1.15. The number of fused-ring (bicyclic) bond motifs is 3. The van der Waals surface area contributed by atoms with Gasteiger partial charge in [-0.25, -0.2) is 15.0 Å². The third kappa shape index (κ3) is 6.47. The predicted octanol–water partition coefficient (Wildman–Crippen LogP) is 14.1. The van der Waals surface area contributed by atoms with Crippen molar-refractivity contribution in [2.75, 3.05) is 0 Å². The number of benzene rings is 8. The molecule has 0 bridgehead atoms. The molecule has 0 radical (unpaired) electrons. The zero-order valence-electron chi connectivity index (χ0n) is 31.6. The number of aromatic nitrogens is 3. The lowest BCUT2D eigenvalue weighted by atomic mass is 9.92. The van der Waals surface area contributed by atoms with Crippen LogP contribution < -0.4 is 0 Å². The molecule has 4 nitrogen and oxygen atoms in total. The summed E-state index contributed by atoms with van der Waals surface area (Å²) < 4.78 is 6.52. The summed E-state index contributed by atoms with van der Waals surface area (Å²) >= 11 is 0. The van der Waals surface area contributed by atoms with Crippen molar-refractivity contribution >= 4 is 21.9 Å². The van der Waals surface area contributed by atoms with Gasteiger partial charge in [0.2, 0.25) is 0 Å². The molecule has 10 aromatic rings. The number of nitrogens with zero attached hydrogens (tertiary/aromatic N) is 3. The summed E-state index contributed by atoms with van der Waals surface area (Å²) in [6.45, 7) is 4.35. The maximum absolute atomic E-state index is 6.52. The van der Waals surface area contributed by atoms with Crippen LogP contribution >= 0.6 is 0 Å². The topological polar surface area (TPSA) is 51.8 Å². The van der Waals surface area contributed by atoms with Crippen LogP contribution in [0.4, 0.5) is 0 Å². The van der Waals surface area contributed by atoms with Gasteiger partial charge in [-0.15, -0.1) is 0 Å². The van der Waals surface area contributed by atoms with Crippen LogP contribution in [0.1, 0.15) is 11.1 Å².